The summed E-state index contributed by atoms with van der Waals surface area (Å²) in [6, 6.07) is 13.8. The summed E-state index contributed by atoms with van der Waals surface area (Å²) < 4.78 is 11.1. The van der Waals surface area contributed by atoms with E-state index >= 15 is 0 Å². The van der Waals surface area contributed by atoms with E-state index in [0.717, 1.165) is 27.9 Å². The first kappa shape index (κ1) is 11.7. The van der Waals surface area contributed by atoms with E-state index in [1.165, 1.54) is 0 Å². The van der Waals surface area contributed by atoms with Crippen molar-refractivity contribution in [3.8, 4) is 17.1 Å². The molecule has 0 saturated heterocycles. The summed E-state index contributed by atoms with van der Waals surface area (Å²) in [7, 11) is 1.61. The molecule has 0 amide bonds. The summed E-state index contributed by atoms with van der Waals surface area (Å²) in [5, 5.41) is 1.10. The van der Waals surface area contributed by atoms with Crippen molar-refractivity contribution in [2.45, 2.75) is 6.92 Å². The van der Waals surface area contributed by atoms with E-state index < -0.39 is 0 Å². The number of methoxy groups -OCH3 is 1. The summed E-state index contributed by atoms with van der Waals surface area (Å²) in [4.78, 5) is 0. The third kappa shape index (κ3) is 1.93. The maximum absolute atomic E-state index is 5.93. The molecule has 0 atom stereocenters. The molecule has 1 heterocycles. The molecule has 2 aromatic carbocycles. The zero-order valence-electron chi connectivity index (χ0n) is 10.9. The number of nitrogen functional groups attached to an aromatic ring is 1. The number of anilines is 1. The molecule has 3 aromatic rings. The monoisotopic (exact) mass is 253 g/mol. The second-order valence-electron chi connectivity index (χ2n) is 4.56. The average molecular weight is 253 g/mol. The van der Waals surface area contributed by atoms with Gasteiger partial charge in [0.15, 0.2) is 0 Å². The summed E-state index contributed by atoms with van der Waals surface area (Å²) in [5.41, 5.74) is 9.54. The number of benzene rings is 2. The van der Waals surface area contributed by atoms with Gasteiger partial charge in [-0.05, 0) is 36.8 Å². The van der Waals surface area contributed by atoms with Gasteiger partial charge in [-0.2, -0.15) is 0 Å². The SMILES string of the molecule is COc1ccc(-c2cc3cccc(C)c3o2)cc1N. The van der Waals surface area contributed by atoms with Crippen molar-refractivity contribution in [1.82, 2.24) is 0 Å². The molecule has 2 N–H and O–H groups in total. The van der Waals surface area contributed by atoms with Crippen LogP contribution in [0.5, 0.6) is 5.75 Å². The summed E-state index contributed by atoms with van der Waals surface area (Å²) >= 11 is 0. The second-order valence-corrected chi connectivity index (χ2v) is 4.56. The number of hydrogen-bond acceptors (Lipinski definition) is 3. The van der Waals surface area contributed by atoms with Gasteiger partial charge in [0, 0.05) is 10.9 Å². The largest absolute Gasteiger partial charge is 0.495 e. The van der Waals surface area contributed by atoms with Crippen molar-refractivity contribution in [2.24, 2.45) is 0 Å². The number of aryl methyl sites for hydroxylation is 1. The van der Waals surface area contributed by atoms with E-state index in [0.29, 0.717) is 11.4 Å². The van der Waals surface area contributed by atoms with Crippen LogP contribution in [0.1, 0.15) is 5.56 Å². The van der Waals surface area contributed by atoms with Crippen LogP contribution in [0.15, 0.2) is 46.9 Å². The molecule has 0 bridgehead atoms. The molecule has 0 aliphatic carbocycles. The molecule has 19 heavy (non-hydrogen) atoms. The smallest absolute Gasteiger partial charge is 0.141 e. The van der Waals surface area contributed by atoms with Gasteiger partial charge in [-0.15, -0.1) is 0 Å². The van der Waals surface area contributed by atoms with E-state index in [4.69, 9.17) is 14.9 Å². The Bertz CT molecular complexity index is 744. The minimum atomic E-state index is 0.608. The Morgan fingerprint density at radius 2 is 1.95 bits per heavy atom. The number of fused-ring (bicyclic) bond motifs is 1. The van der Waals surface area contributed by atoms with E-state index in [9.17, 15) is 0 Å². The van der Waals surface area contributed by atoms with Gasteiger partial charge >= 0.3 is 0 Å². The molecule has 0 radical (unpaired) electrons. The maximum atomic E-state index is 5.93. The van der Waals surface area contributed by atoms with Gasteiger partial charge in [-0.1, -0.05) is 18.2 Å². The van der Waals surface area contributed by atoms with Crippen molar-refractivity contribution in [3.05, 3.63) is 48.0 Å². The first-order valence-electron chi connectivity index (χ1n) is 6.12. The Balaban J connectivity index is 2.14. The van der Waals surface area contributed by atoms with Crippen LogP contribution in [0, 0.1) is 6.92 Å². The van der Waals surface area contributed by atoms with Crippen molar-refractivity contribution in [1.29, 1.82) is 0 Å². The van der Waals surface area contributed by atoms with Gasteiger partial charge in [-0.25, -0.2) is 0 Å². The molecule has 3 nitrogen and oxygen atoms in total. The molecular formula is C16H15NO2. The Morgan fingerprint density at radius 1 is 1.11 bits per heavy atom. The van der Waals surface area contributed by atoms with Gasteiger partial charge < -0.3 is 14.9 Å². The van der Waals surface area contributed by atoms with Crippen molar-refractivity contribution >= 4 is 16.7 Å². The Morgan fingerprint density at radius 3 is 2.63 bits per heavy atom. The predicted octanol–water partition coefficient (Wildman–Crippen LogP) is 4.00. The van der Waals surface area contributed by atoms with E-state index in [-0.39, 0.29) is 0 Å². The fraction of sp³-hybridized carbons (Fsp3) is 0.125. The van der Waals surface area contributed by atoms with E-state index in [1.807, 2.05) is 49.4 Å². The van der Waals surface area contributed by atoms with Crippen LogP contribution in [0.2, 0.25) is 0 Å². The molecule has 3 rings (SSSR count). The highest BCUT2D eigenvalue weighted by Gasteiger charge is 2.09. The van der Waals surface area contributed by atoms with Gasteiger partial charge in [0.05, 0.1) is 12.8 Å². The lowest BCUT2D eigenvalue weighted by molar-refractivity contribution is 0.417. The number of ether oxygens (including phenoxy) is 1. The standard InChI is InChI=1S/C16H15NO2/c1-10-4-3-5-12-9-15(19-16(10)12)11-6-7-14(18-2)13(17)8-11/h3-9H,17H2,1-2H3. The van der Waals surface area contributed by atoms with Crippen molar-refractivity contribution < 1.29 is 9.15 Å². The minimum Gasteiger partial charge on any atom is -0.495 e. The zero-order chi connectivity index (χ0) is 13.4. The quantitative estimate of drug-likeness (QED) is 0.702. The summed E-state index contributed by atoms with van der Waals surface area (Å²) in [5.74, 6) is 1.50. The molecule has 96 valence electrons. The Kier molecular flexibility index (Phi) is 2.67. The summed E-state index contributed by atoms with van der Waals surface area (Å²) in [6.45, 7) is 2.04. The normalized spacial score (nSPS) is 10.8. The summed E-state index contributed by atoms with van der Waals surface area (Å²) in [6.07, 6.45) is 0. The lowest BCUT2D eigenvalue weighted by Crippen LogP contribution is -1.92. The van der Waals surface area contributed by atoms with Crippen LogP contribution in [0.3, 0.4) is 0 Å². The number of para-hydroxylation sites is 1. The first-order chi connectivity index (χ1) is 9.19. The van der Waals surface area contributed by atoms with Crippen LogP contribution in [0.25, 0.3) is 22.3 Å². The maximum Gasteiger partial charge on any atom is 0.141 e. The third-order valence-electron chi connectivity index (χ3n) is 3.26. The fourth-order valence-electron chi connectivity index (χ4n) is 2.24. The topological polar surface area (TPSA) is 48.4 Å². The second kappa shape index (κ2) is 4.35. The predicted molar refractivity (Wildman–Crippen MR) is 77.4 cm³/mol. The van der Waals surface area contributed by atoms with Crippen LogP contribution >= 0.6 is 0 Å². The highest BCUT2D eigenvalue weighted by molar-refractivity contribution is 5.85. The lowest BCUT2D eigenvalue weighted by Gasteiger charge is -2.05. The van der Waals surface area contributed by atoms with E-state index in [2.05, 4.69) is 0 Å². The molecule has 0 saturated carbocycles. The van der Waals surface area contributed by atoms with Gasteiger partial charge in [0.2, 0.25) is 0 Å². The Hall–Kier alpha value is -2.42. The third-order valence-corrected chi connectivity index (χ3v) is 3.26. The highest BCUT2D eigenvalue weighted by Crippen LogP contribution is 2.33. The van der Waals surface area contributed by atoms with Crippen LogP contribution in [0.4, 0.5) is 5.69 Å². The molecule has 1 aromatic heterocycles. The number of nitrogens with two attached hydrogens (primary N) is 1. The number of furan rings is 1. The molecule has 0 fully saturated rings. The number of rotatable bonds is 2. The van der Waals surface area contributed by atoms with Crippen LogP contribution < -0.4 is 10.5 Å². The van der Waals surface area contributed by atoms with Crippen LogP contribution in [-0.2, 0) is 0 Å². The van der Waals surface area contributed by atoms with Gasteiger partial charge in [0.25, 0.3) is 0 Å². The average Bonchev–Trinajstić information content (AvgIpc) is 2.84. The highest BCUT2D eigenvalue weighted by atomic mass is 16.5. The fourth-order valence-corrected chi connectivity index (χ4v) is 2.24. The van der Waals surface area contributed by atoms with Crippen LogP contribution in [-0.4, -0.2) is 7.11 Å². The van der Waals surface area contributed by atoms with Gasteiger partial charge in [0.1, 0.15) is 17.1 Å². The first-order valence-corrected chi connectivity index (χ1v) is 6.12. The van der Waals surface area contributed by atoms with Gasteiger partial charge in [-0.3, -0.25) is 0 Å². The zero-order valence-corrected chi connectivity index (χ0v) is 10.9. The van der Waals surface area contributed by atoms with Crippen molar-refractivity contribution in [3.63, 3.8) is 0 Å². The molecule has 0 aliphatic heterocycles. The molecular weight excluding hydrogens is 238 g/mol. The number of hydrogen-bond donors (Lipinski definition) is 1. The van der Waals surface area contributed by atoms with E-state index in [1.54, 1.807) is 7.11 Å². The lowest BCUT2D eigenvalue weighted by atomic mass is 10.1. The molecule has 0 aliphatic rings. The Labute approximate surface area is 111 Å². The molecule has 0 spiro atoms. The molecule has 3 heteroatoms. The van der Waals surface area contributed by atoms with Crippen molar-refractivity contribution in [2.75, 3.05) is 12.8 Å². The molecule has 0 unspecified atom stereocenters. The minimum absolute atomic E-state index is 0.608.